The first-order valence-electron chi connectivity index (χ1n) is 11.2. The summed E-state index contributed by atoms with van der Waals surface area (Å²) in [5, 5.41) is 4.29. The fourth-order valence-electron chi connectivity index (χ4n) is 4.84. The van der Waals surface area contributed by atoms with Crippen molar-refractivity contribution >= 4 is 17.5 Å². The maximum Gasteiger partial charge on any atom is 0.434 e. The molecule has 0 bridgehead atoms. The number of benzene rings is 1. The molecular weight excluding hydrogens is 457 g/mol. The van der Waals surface area contributed by atoms with Crippen LogP contribution in [0.15, 0.2) is 30.5 Å². The quantitative estimate of drug-likeness (QED) is 0.641. The lowest BCUT2D eigenvalue weighted by Crippen LogP contribution is -2.48. The highest BCUT2D eigenvalue weighted by Gasteiger charge is 2.42. The van der Waals surface area contributed by atoms with E-state index in [0.29, 0.717) is 24.0 Å². The van der Waals surface area contributed by atoms with E-state index in [9.17, 15) is 18.0 Å². The molecular formula is C23H28ClF3N4O2. The lowest BCUT2D eigenvalue weighted by molar-refractivity contribution is -0.143. The maximum absolute atomic E-state index is 13.9. The number of ether oxygens (including phenoxy) is 1. The number of piperidine rings is 1. The predicted molar refractivity (Wildman–Crippen MR) is 119 cm³/mol. The minimum atomic E-state index is -4.73. The molecule has 2 aliphatic heterocycles. The highest BCUT2D eigenvalue weighted by atomic mass is 35.5. The lowest BCUT2D eigenvalue weighted by Gasteiger charge is -2.39. The number of hydrogen-bond donors (Lipinski definition) is 0. The summed E-state index contributed by atoms with van der Waals surface area (Å²) in [6, 6.07) is 5.86. The Bertz CT molecular complexity index is 961. The number of hydrogen-bond acceptors (Lipinski definition) is 4. The van der Waals surface area contributed by atoms with Crippen LogP contribution in [0.2, 0.25) is 5.02 Å². The summed E-state index contributed by atoms with van der Waals surface area (Å²) < 4.78 is 48.4. The largest absolute Gasteiger partial charge is 0.434 e. The van der Waals surface area contributed by atoms with Gasteiger partial charge in [-0.25, -0.2) is 4.68 Å². The molecule has 33 heavy (non-hydrogen) atoms. The molecule has 4 rings (SSSR count). The van der Waals surface area contributed by atoms with E-state index in [1.165, 1.54) is 29.2 Å². The van der Waals surface area contributed by atoms with Gasteiger partial charge in [-0.3, -0.25) is 9.69 Å². The summed E-state index contributed by atoms with van der Waals surface area (Å²) in [6.07, 6.45) is -1.82. The molecule has 1 aromatic carbocycles. The zero-order chi connectivity index (χ0) is 23.8. The van der Waals surface area contributed by atoms with Crippen LogP contribution >= 0.6 is 11.6 Å². The van der Waals surface area contributed by atoms with E-state index >= 15 is 0 Å². The molecule has 2 saturated heterocycles. The third kappa shape index (κ3) is 5.53. The van der Waals surface area contributed by atoms with Crippen molar-refractivity contribution in [2.45, 2.75) is 45.1 Å². The molecule has 0 spiro atoms. The van der Waals surface area contributed by atoms with Crippen LogP contribution in [-0.2, 0) is 10.9 Å². The number of carbonyl (C=O) groups excluding carboxylic acids is 1. The number of nitrogens with zero attached hydrogens (tertiary/aromatic N) is 4. The molecule has 2 fully saturated rings. The number of alkyl halides is 3. The van der Waals surface area contributed by atoms with E-state index in [1.54, 1.807) is 0 Å². The van der Waals surface area contributed by atoms with E-state index in [4.69, 9.17) is 16.3 Å². The number of aromatic nitrogens is 2. The van der Waals surface area contributed by atoms with Crippen molar-refractivity contribution < 1.29 is 22.7 Å². The van der Waals surface area contributed by atoms with Gasteiger partial charge in [0, 0.05) is 37.7 Å². The minimum Gasteiger partial charge on any atom is -0.373 e. The van der Waals surface area contributed by atoms with Crippen LogP contribution in [0.25, 0.3) is 5.69 Å². The Kier molecular flexibility index (Phi) is 7.02. The topological polar surface area (TPSA) is 50.6 Å². The molecule has 2 atom stereocenters. The van der Waals surface area contributed by atoms with Crippen LogP contribution in [0.4, 0.5) is 13.2 Å². The molecule has 2 aromatic rings. The van der Waals surface area contributed by atoms with E-state index < -0.39 is 23.3 Å². The number of morpholine rings is 1. The van der Waals surface area contributed by atoms with Crippen molar-refractivity contribution in [1.29, 1.82) is 0 Å². The van der Waals surface area contributed by atoms with Crippen molar-refractivity contribution in [3.8, 4) is 5.69 Å². The Morgan fingerprint density at radius 1 is 1.12 bits per heavy atom. The molecule has 10 heteroatoms. The predicted octanol–water partition coefficient (Wildman–Crippen LogP) is 4.51. The second kappa shape index (κ2) is 9.64. The first-order valence-corrected chi connectivity index (χ1v) is 11.6. The van der Waals surface area contributed by atoms with Gasteiger partial charge in [-0.2, -0.15) is 18.3 Å². The van der Waals surface area contributed by atoms with Gasteiger partial charge in [-0.05, 0) is 56.9 Å². The van der Waals surface area contributed by atoms with Crippen molar-refractivity contribution in [3.05, 3.63) is 46.7 Å². The van der Waals surface area contributed by atoms with Crippen LogP contribution in [-0.4, -0.2) is 70.4 Å². The van der Waals surface area contributed by atoms with Gasteiger partial charge in [0.1, 0.15) is 0 Å². The molecule has 0 saturated carbocycles. The summed E-state index contributed by atoms with van der Waals surface area (Å²) in [4.78, 5) is 17.0. The summed E-state index contributed by atoms with van der Waals surface area (Å²) in [7, 11) is 0. The van der Waals surface area contributed by atoms with Gasteiger partial charge in [-0.1, -0.05) is 11.6 Å². The highest BCUT2D eigenvalue weighted by molar-refractivity contribution is 6.30. The van der Waals surface area contributed by atoms with Gasteiger partial charge < -0.3 is 9.64 Å². The number of halogens is 4. The molecule has 0 N–H and O–H groups in total. The molecule has 2 unspecified atom stereocenters. The zero-order valence-corrected chi connectivity index (χ0v) is 19.4. The third-order valence-electron chi connectivity index (χ3n) is 6.25. The normalized spacial score (nSPS) is 23.2. The number of likely N-dealkylation sites (tertiary alicyclic amines) is 1. The van der Waals surface area contributed by atoms with Crippen molar-refractivity contribution in [3.63, 3.8) is 0 Å². The van der Waals surface area contributed by atoms with E-state index in [2.05, 4.69) is 23.8 Å². The number of amides is 1. The second-order valence-electron chi connectivity index (χ2n) is 9.00. The molecule has 2 aliphatic rings. The van der Waals surface area contributed by atoms with Crippen LogP contribution in [0.1, 0.15) is 42.7 Å². The van der Waals surface area contributed by atoms with Crippen LogP contribution in [0.5, 0.6) is 0 Å². The van der Waals surface area contributed by atoms with Crippen molar-refractivity contribution in [1.82, 2.24) is 19.6 Å². The van der Waals surface area contributed by atoms with Gasteiger partial charge in [0.05, 0.1) is 29.7 Å². The average molecular weight is 485 g/mol. The molecule has 1 amide bonds. The second-order valence-corrected chi connectivity index (χ2v) is 9.44. The van der Waals surface area contributed by atoms with Gasteiger partial charge >= 0.3 is 6.18 Å². The molecule has 180 valence electrons. The molecule has 3 heterocycles. The maximum atomic E-state index is 13.9. The van der Waals surface area contributed by atoms with Crippen LogP contribution in [0.3, 0.4) is 0 Å². The first kappa shape index (κ1) is 24.0. The summed E-state index contributed by atoms with van der Waals surface area (Å²) in [6.45, 7) is 7.66. The molecule has 1 aromatic heterocycles. The standard InChI is InChI=1S/C23H28ClF3N4O2/c1-15-12-29(13-16(2)33-15)14-17-7-9-30(10-8-17)22(32)20-11-28-31(21(20)23(25,26)27)19-5-3-18(24)4-6-19/h3-6,11,15-17H,7-10,12-14H2,1-2H3. The van der Waals surface area contributed by atoms with E-state index in [0.717, 1.165) is 43.4 Å². The van der Waals surface area contributed by atoms with E-state index in [-0.39, 0.29) is 17.9 Å². The highest BCUT2D eigenvalue weighted by Crippen LogP contribution is 2.35. The number of rotatable bonds is 4. The summed E-state index contributed by atoms with van der Waals surface area (Å²) in [5.74, 6) is -0.222. The zero-order valence-electron chi connectivity index (χ0n) is 18.7. The van der Waals surface area contributed by atoms with Gasteiger partial charge in [0.2, 0.25) is 0 Å². The summed E-state index contributed by atoms with van der Waals surface area (Å²) >= 11 is 5.85. The van der Waals surface area contributed by atoms with Crippen molar-refractivity contribution in [2.75, 3.05) is 32.7 Å². The van der Waals surface area contributed by atoms with Gasteiger partial charge in [0.25, 0.3) is 5.91 Å². The Morgan fingerprint density at radius 3 is 2.30 bits per heavy atom. The average Bonchev–Trinajstić information content (AvgIpc) is 3.19. The van der Waals surface area contributed by atoms with Crippen molar-refractivity contribution in [2.24, 2.45) is 5.92 Å². The Balaban J connectivity index is 1.45. The molecule has 0 radical (unpaired) electrons. The SMILES string of the molecule is CC1CN(CC2CCN(C(=O)c3cnn(-c4ccc(Cl)cc4)c3C(F)(F)F)CC2)CC(C)O1. The Hall–Kier alpha value is -2.10. The third-order valence-corrected chi connectivity index (χ3v) is 6.50. The summed E-state index contributed by atoms with van der Waals surface area (Å²) in [5.41, 5.74) is -1.29. The van der Waals surface area contributed by atoms with E-state index in [1.807, 2.05) is 0 Å². The fourth-order valence-corrected chi connectivity index (χ4v) is 4.97. The number of carbonyl (C=O) groups is 1. The minimum absolute atomic E-state index is 0.188. The van der Waals surface area contributed by atoms with Gasteiger partial charge in [0.15, 0.2) is 5.69 Å². The van der Waals surface area contributed by atoms with Crippen LogP contribution < -0.4 is 0 Å². The molecule has 0 aliphatic carbocycles. The fraction of sp³-hybridized carbons (Fsp3) is 0.565. The van der Waals surface area contributed by atoms with Crippen LogP contribution in [0, 0.1) is 5.92 Å². The Morgan fingerprint density at radius 2 is 1.73 bits per heavy atom. The molecule has 6 nitrogen and oxygen atoms in total. The smallest absolute Gasteiger partial charge is 0.373 e. The Labute approximate surface area is 196 Å². The monoisotopic (exact) mass is 484 g/mol. The first-order chi connectivity index (χ1) is 15.6. The van der Waals surface area contributed by atoms with Gasteiger partial charge in [-0.15, -0.1) is 0 Å². The lowest BCUT2D eigenvalue weighted by atomic mass is 9.95.